The van der Waals surface area contributed by atoms with E-state index in [1.54, 1.807) is 0 Å². The molecule has 1 heterocycles. The van der Waals surface area contributed by atoms with Crippen LogP contribution < -0.4 is 0 Å². The van der Waals surface area contributed by atoms with Crippen LogP contribution in [0, 0.1) is 5.92 Å². The van der Waals surface area contributed by atoms with E-state index in [1.165, 1.54) is 0 Å². The van der Waals surface area contributed by atoms with Crippen molar-refractivity contribution in [2.24, 2.45) is 5.92 Å². The highest BCUT2D eigenvalue weighted by Gasteiger charge is 2.20. The first-order valence-electron chi connectivity index (χ1n) is 3.63. The summed E-state index contributed by atoms with van der Waals surface area (Å²) >= 11 is 0. The predicted molar refractivity (Wildman–Crippen MR) is 40.7 cm³/mol. The molecule has 1 aliphatic heterocycles. The molecule has 3 nitrogen and oxygen atoms in total. The summed E-state index contributed by atoms with van der Waals surface area (Å²) in [5.74, 6) is 0.403. The van der Waals surface area contributed by atoms with Crippen LogP contribution in [0.2, 0.25) is 0 Å². The molecular weight excluding hydrogens is 129 g/mol. The molecule has 0 saturated carbocycles. The molecule has 0 aromatic carbocycles. The van der Waals surface area contributed by atoms with E-state index < -0.39 is 0 Å². The number of aliphatic hydroxyl groups is 1. The molecule has 1 fully saturated rings. The summed E-state index contributed by atoms with van der Waals surface area (Å²) in [5, 5.41) is 8.74. The lowest BCUT2D eigenvalue weighted by Gasteiger charge is -2.09. The summed E-state index contributed by atoms with van der Waals surface area (Å²) < 4.78 is 0. The van der Waals surface area contributed by atoms with Gasteiger partial charge in [-0.1, -0.05) is 0 Å². The summed E-state index contributed by atoms with van der Waals surface area (Å²) in [7, 11) is 0.524. The first-order valence-corrected chi connectivity index (χ1v) is 3.63. The third-order valence-corrected chi connectivity index (χ3v) is 1.96. The third-order valence-electron chi connectivity index (χ3n) is 1.96. The van der Waals surface area contributed by atoms with Crippen molar-refractivity contribution in [2.75, 3.05) is 19.7 Å². The molecule has 1 saturated heterocycles. The van der Waals surface area contributed by atoms with Crippen molar-refractivity contribution in [3.8, 4) is 0 Å². The van der Waals surface area contributed by atoms with Gasteiger partial charge in [-0.15, -0.1) is 0 Å². The molecule has 1 rings (SSSR count). The van der Waals surface area contributed by atoms with Crippen LogP contribution in [0.1, 0.15) is 6.42 Å². The minimum Gasteiger partial charge on any atom is -0.396 e. The highest BCUT2D eigenvalue weighted by atomic mass is 16.3. The van der Waals surface area contributed by atoms with Crippen LogP contribution in [-0.2, 0) is 4.79 Å². The topological polar surface area (TPSA) is 40.5 Å². The van der Waals surface area contributed by atoms with Crippen LogP contribution in [0.15, 0.2) is 0 Å². The molecule has 0 radical (unpaired) electrons. The van der Waals surface area contributed by atoms with Gasteiger partial charge in [0.25, 0.3) is 7.41 Å². The van der Waals surface area contributed by atoms with Crippen LogP contribution in [0.4, 0.5) is 0 Å². The van der Waals surface area contributed by atoms with Crippen molar-refractivity contribution >= 4 is 13.6 Å². The molecule has 0 amide bonds. The van der Waals surface area contributed by atoms with Gasteiger partial charge < -0.3 is 14.7 Å². The van der Waals surface area contributed by atoms with Gasteiger partial charge in [0.2, 0.25) is 0 Å². The molecule has 0 bridgehead atoms. The van der Waals surface area contributed by atoms with E-state index in [9.17, 15) is 4.79 Å². The second kappa shape index (κ2) is 3.73. The number of carbonyl (C=O) groups excluding carboxylic acids is 1. The summed E-state index contributed by atoms with van der Waals surface area (Å²) in [4.78, 5) is 12.1. The molecule has 0 unspecified atom stereocenters. The summed E-state index contributed by atoms with van der Waals surface area (Å²) in [6.45, 7) is 2.11. The molecule has 0 aliphatic carbocycles. The molecule has 0 aromatic heterocycles. The fraction of sp³-hybridized carbons (Fsp3) is 0.833. The SMILES string of the molecule is O=CBN1CC[C@H](CO)C1. The van der Waals surface area contributed by atoms with Crippen molar-refractivity contribution in [1.82, 2.24) is 4.81 Å². The lowest BCUT2D eigenvalue weighted by Crippen LogP contribution is -2.26. The highest BCUT2D eigenvalue weighted by molar-refractivity contribution is 6.64. The molecule has 0 spiro atoms. The smallest absolute Gasteiger partial charge is 0.281 e. The Kier molecular flexibility index (Phi) is 2.90. The van der Waals surface area contributed by atoms with Gasteiger partial charge in [0, 0.05) is 6.61 Å². The minimum absolute atomic E-state index is 0.259. The van der Waals surface area contributed by atoms with Crippen LogP contribution in [-0.4, -0.2) is 43.2 Å². The fourth-order valence-corrected chi connectivity index (χ4v) is 1.33. The maximum atomic E-state index is 10.1. The first kappa shape index (κ1) is 7.76. The van der Waals surface area contributed by atoms with Gasteiger partial charge in [-0.2, -0.15) is 0 Å². The monoisotopic (exact) mass is 141 g/mol. The molecule has 1 N–H and O–H groups in total. The van der Waals surface area contributed by atoms with Crippen LogP contribution >= 0.6 is 0 Å². The second-order valence-electron chi connectivity index (χ2n) is 2.76. The summed E-state index contributed by atoms with van der Waals surface area (Å²) in [6.07, 6.45) is 1.95. The van der Waals surface area contributed by atoms with Crippen LogP contribution in [0.5, 0.6) is 0 Å². The zero-order valence-corrected chi connectivity index (χ0v) is 5.99. The number of carbonyl (C=O) groups is 1. The average Bonchev–Trinajstić information content (AvgIpc) is 2.37. The number of nitrogens with zero attached hydrogens (tertiary/aromatic N) is 1. The maximum Gasteiger partial charge on any atom is 0.281 e. The van der Waals surface area contributed by atoms with Crippen molar-refractivity contribution in [3.05, 3.63) is 0 Å². The van der Waals surface area contributed by atoms with E-state index in [2.05, 4.69) is 4.81 Å². The van der Waals surface area contributed by atoms with Gasteiger partial charge in [0.15, 0.2) is 0 Å². The van der Waals surface area contributed by atoms with Crippen LogP contribution in [0.3, 0.4) is 0 Å². The molecule has 1 aliphatic rings. The Morgan fingerprint density at radius 2 is 2.60 bits per heavy atom. The number of hydrogen-bond donors (Lipinski definition) is 1. The zero-order chi connectivity index (χ0) is 7.40. The quantitative estimate of drug-likeness (QED) is 0.398. The maximum absolute atomic E-state index is 10.1. The van der Waals surface area contributed by atoms with Gasteiger partial charge in [-0.3, -0.25) is 0 Å². The number of aliphatic hydroxyl groups excluding tert-OH is 1. The normalized spacial score (nSPS) is 26.7. The van der Waals surface area contributed by atoms with E-state index >= 15 is 0 Å². The summed E-state index contributed by atoms with van der Waals surface area (Å²) in [6, 6.07) is 0. The molecule has 4 heteroatoms. The molecule has 10 heavy (non-hydrogen) atoms. The molecule has 0 aromatic rings. The Hall–Kier alpha value is -0.345. The Labute approximate surface area is 61.3 Å². The third kappa shape index (κ3) is 1.82. The second-order valence-corrected chi connectivity index (χ2v) is 2.76. The van der Waals surface area contributed by atoms with Gasteiger partial charge in [-0.25, -0.2) is 0 Å². The number of hydrogen-bond acceptors (Lipinski definition) is 3. The highest BCUT2D eigenvalue weighted by Crippen LogP contribution is 2.12. The number of rotatable bonds is 3. The van der Waals surface area contributed by atoms with Crippen molar-refractivity contribution in [1.29, 1.82) is 0 Å². The van der Waals surface area contributed by atoms with E-state index in [1.807, 2.05) is 0 Å². The molecule has 56 valence electrons. The van der Waals surface area contributed by atoms with E-state index in [0.717, 1.165) is 25.7 Å². The fourth-order valence-electron chi connectivity index (χ4n) is 1.33. The molecular formula is C6H12BNO2. The van der Waals surface area contributed by atoms with E-state index in [4.69, 9.17) is 5.11 Å². The standard InChI is InChI=1S/C6H12BNO2/c9-4-6-1-2-8(3-6)7-5-10/h5-7,9H,1-4H2/t6-/m0/s1. The van der Waals surface area contributed by atoms with Gasteiger partial charge >= 0.3 is 0 Å². The Bertz CT molecular complexity index is 120. The van der Waals surface area contributed by atoms with Crippen molar-refractivity contribution in [2.45, 2.75) is 6.42 Å². The Morgan fingerprint density at radius 1 is 1.80 bits per heavy atom. The minimum atomic E-state index is 0.259. The Morgan fingerprint density at radius 3 is 3.10 bits per heavy atom. The van der Waals surface area contributed by atoms with E-state index in [0.29, 0.717) is 13.3 Å². The van der Waals surface area contributed by atoms with Crippen LogP contribution in [0.25, 0.3) is 0 Å². The first-order chi connectivity index (χ1) is 4.86. The zero-order valence-electron chi connectivity index (χ0n) is 5.99. The van der Waals surface area contributed by atoms with Crippen molar-refractivity contribution < 1.29 is 9.90 Å². The van der Waals surface area contributed by atoms with Crippen molar-refractivity contribution in [3.63, 3.8) is 0 Å². The lowest BCUT2D eigenvalue weighted by molar-refractivity contribution is 0.233. The largest absolute Gasteiger partial charge is 0.396 e. The molecule has 1 atom stereocenters. The predicted octanol–water partition coefficient (Wildman–Crippen LogP) is -1.16. The van der Waals surface area contributed by atoms with E-state index in [-0.39, 0.29) is 6.61 Å². The summed E-state index contributed by atoms with van der Waals surface area (Å²) in [5.41, 5.74) is 0. The van der Waals surface area contributed by atoms with Gasteiger partial charge in [0.05, 0.1) is 6.19 Å². The van der Waals surface area contributed by atoms with Gasteiger partial charge in [0.1, 0.15) is 0 Å². The Balaban J connectivity index is 2.21. The average molecular weight is 141 g/mol. The lowest BCUT2D eigenvalue weighted by atomic mass is 9.96. The van der Waals surface area contributed by atoms with Gasteiger partial charge in [-0.05, 0) is 25.4 Å².